The van der Waals surface area contributed by atoms with Crippen LogP contribution in [0.25, 0.3) is 6.08 Å². The van der Waals surface area contributed by atoms with Crippen LogP contribution < -0.4 is 4.18 Å². The fourth-order valence-corrected chi connectivity index (χ4v) is 3.03. The molecule has 0 unspecified atom stereocenters. The van der Waals surface area contributed by atoms with E-state index in [4.69, 9.17) is 0 Å². The second kappa shape index (κ2) is 5.94. The van der Waals surface area contributed by atoms with Gasteiger partial charge in [-0.3, -0.25) is 4.79 Å². The minimum Gasteiger partial charge on any atom is -0.376 e. The molecule has 2 aromatic carbocycles. The van der Waals surface area contributed by atoms with Crippen LogP contribution in [-0.4, -0.2) is 19.7 Å². The second-order valence-corrected chi connectivity index (χ2v) is 6.99. The summed E-state index contributed by atoms with van der Waals surface area (Å²) >= 11 is 0. The van der Waals surface area contributed by atoms with Crippen molar-refractivity contribution in [3.63, 3.8) is 0 Å². The molecular weight excluding hydrogens is 376 g/mol. The van der Waals surface area contributed by atoms with Crippen molar-refractivity contribution in [2.75, 3.05) is 0 Å². The first-order valence-corrected chi connectivity index (χ1v) is 8.59. The molecule has 0 saturated heterocycles. The number of carbonyl (C=O) groups is 1. The van der Waals surface area contributed by atoms with Crippen LogP contribution in [-0.2, 0) is 20.6 Å². The van der Waals surface area contributed by atoms with Gasteiger partial charge in [0.2, 0.25) is 11.5 Å². The Labute approximate surface area is 145 Å². The summed E-state index contributed by atoms with van der Waals surface area (Å²) in [5.74, 6) is -1.69. The zero-order chi connectivity index (χ0) is 19.2. The van der Waals surface area contributed by atoms with Gasteiger partial charge in [0.25, 0.3) is 0 Å². The maximum Gasteiger partial charge on any atom is 0.534 e. The zero-order valence-corrected chi connectivity index (χ0v) is 13.6. The molecule has 0 aromatic heterocycles. The van der Waals surface area contributed by atoms with E-state index in [0.29, 0.717) is 0 Å². The molecule has 1 aliphatic rings. The van der Waals surface area contributed by atoms with Gasteiger partial charge >= 0.3 is 15.6 Å². The molecular formula is C17H10F4O4S. The van der Waals surface area contributed by atoms with Crippen molar-refractivity contribution >= 4 is 22.0 Å². The monoisotopic (exact) mass is 386 g/mol. The van der Waals surface area contributed by atoms with Crippen LogP contribution in [0.2, 0.25) is 0 Å². The molecule has 0 radical (unpaired) electrons. The number of alkyl halides is 4. The molecule has 0 bridgehead atoms. The Kier molecular flexibility index (Phi) is 4.14. The van der Waals surface area contributed by atoms with Crippen LogP contribution in [0.5, 0.6) is 5.75 Å². The van der Waals surface area contributed by atoms with Crippen LogP contribution in [0.1, 0.15) is 16.7 Å². The van der Waals surface area contributed by atoms with E-state index in [0.717, 1.165) is 18.2 Å². The molecule has 0 fully saturated rings. The topological polar surface area (TPSA) is 60.4 Å². The van der Waals surface area contributed by atoms with Crippen LogP contribution in [0.4, 0.5) is 17.6 Å². The summed E-state index contributed by atoms with van der Waals surface area (Å²) in [5, 5.41) is 0. The first kappa shape index (κ1) is 18.1. The van der Waals surface area contributed by atoms with Gasteiger partial charge in [-0.2, -0.15) is 21.6 Å². The Morgan fingerprint density at radius 3 is 2.23 bits per heavy atom. The second-order valence-electron chi connectivity index (χ2n) is 5.45. The summed E-state index contributed by atoms with van der Waals surface area (Å²) in [4.78, 5) is 12.2. The number of ketones is 1. The molecule has 0 spiro atoms. The third kappa shape index (κ3) is 2.88. The molecule has 9 heteroatoms. The predicted octanol–water partition coefficient (Wildman–Crippen LogP) is 3.72. The third-order valence-corrected chi connectivity index (χ3v) is 4.79. The summed E-state index contributed by atoms with van der Waals surface area (Å²) < 4.78 is 79.5. The highest BCUT2D eigenvalue weighted by atomic mass is 32.2. The van der Waals surface area contributed by atoms with E-state index in [9.17, 15) is 26.4 Å². The highest BCUT2D eigenvalue weighted by Crippen LogP contribution is 2.42. The molecule has 3 rings (SSSR count). The van der Waals surface area contributed by atoms with Crippen molar-refractivity contribution in [1.29, 1.82) is 0 Å². The van der Waals surface area contributed by atoms with Gasteiger partial charge in [-0.15, -0.1) is 0 Å². The van der Waals surface area contributed by atoms with E-state index in [1.165, 1.54) is 36.4 Å². The summed E-state index contributed by atoms with van der Waals surface area (Å²) in [7, 11) is -5.92. The number of hydrogen-bond donors (Lipinski definition) is 0. The molecule has 1 atom stereocenters. The molecule has 0 aliphatic heterocycles. The highest BCUT2D eigenvalue weighted by Gasteiger charge is 2.49. The molecule has 0 heterocycles. The van der Waals surface area contributed by atoms with Gasteiger partial charge in [0.15, 0.2) is 0 Å². The van der Waals surface area contributed by atoms with Crippen molar-refractivity contribution < 1.29 is 35.0 Å². The molecule has 136 valence electrons. The van der Waals surface area contributed by atoms with Gasteiger partial charge in [-0.05, 0) is 23.8 Å². The quantitative estimate of drug-likeness (QED) is 0.458. The van der Waals surface area contributed by atoms with E-state index in [2.05, 4.69) is 4.18 Å². The average Bonchev–Trinajstić information content (AvgIpc) is 2.58. The van der Waals surface area contributed by atoms with Gasteiger partial charge in [-0.25, -0.2) is 4.39 Å². The molecule has 1 aliphatic carbocycles. The number of benzene rings is 2. The zero-order valence-electron chi connectivity index (χ0n) is 12.8. The standard InChI is InChI=1S/C17H10F4O4S/c18-16(12-4-2-1-3-5-12)14-10-13(25-26(23,24)17(19,20)21)8-6-11(14)7-9-15(16)22/h1-10H/t16-/m0/s1. The van der Waals surface area contributed by atoms with Crippen molar-refractivity contribution in [1.82, 2.24) is 0 Å². The minimum atomic E-state index is -5.92. The maximum absolute atomic E-state index is 15.7. The van der Waals surface area contributed by atoms with Crippen LogP contribution in [0.15, 0.2) is 54.6 Å². The fraction of sp³-hybridized carbons (Fsp3) is 0.118. The van der Waals surface area contributed by atoms with E-state index in [1.54, 1.807) is 6.07 Å². The first-order chi connectivity index (χ1) is 12.1. The highest BCUT2D eigenvalue weighted by molar-refractivity contribution is 7.88. The Morgan fingerprint density at radius 1 is 0.962 bits per heavy atom. The molecule has 2 aromatic rings. The summed E-state index contributed by atoms with van der Waals surface area (Å²) in [6.07, 6.45) is 2.31. The van der Waals surface area contributed by atoms with Gasteiger partial charge < -0.3 is 4.18 Å². The number of carbonyl (C=O) groups excluding carboxylic acids is 1. The van der Waals surface area contributed by atoms with Crippen molar-refractivity contribution in [3.05, 3.63) is 71.3 Å². The minimum absolute atomic E-state index is 0.0357. The Morgan fingerprint density at radius 2 is 1.62 bits per heavy atom. The van der Waals surface area contributed by atoms with E-state index in [-0.39, 0.29) is 16.7 Å². The predicted molar refractivity (Wildman–Crippen MR) is 84.4 cm³/mol. The third-order valence-electron chi connectivity index (χ3n) is 3.81. The van der Waals surface area contributed by atoms with Gasteiger partial charge in [-0.1, -0.05) is 42.5 Å². The number of rotatable bonds is 3. The van der Waals surface area contributed by atoms with Gasteiger partial charge in [0, 0.05) is 11.1 Å². The molecule has 26 heavy (non-hydrogen) atoms. The smallest absolute Gasteiger partial charge is 0.376 e. The van der Waals surface area contributed by atoms with Crippen molar-refractivity contribution in [2.45, 2.75) is 11.2 Å². The SMILES string of the molecule is O=C1C=Cc2ccc(OS(=O)(=O)C(F)(F)F)cc2[C@@]1(F)c1ccccc1. The molecule has 0 saturated carbocycles. The van der Waals surface area contributed by atoms with Crippen molar-refractivity contribution in [3.8, 4) is 5.75 Å². The lowest BCUT2D eigenvalue weighted by Gasteiger charge is -2.28. The van der Waals surface area contributed by atoms with Crippen LogP contribution in [0.3, 0.4) is 0 Å². The molecule has 0 amide bonds. The Bertz CT molecular complexity index is 997. The lowest BCUT2D eigenvalue weighted by molar-refractivity contribution is -0.123. The van der Waals surface area contributed by atoms with E-state index >= 15 is 4.39 Å². The number of hydrogen-bond acceptors (Lipinski definition) is 4. The summed E-state index contributed by atoms with van der Waals surface area (Å²) in [6.45, 7) is 0. The normalized spacial score (nSPS) is 19.9. The summed E-state index contributed by atoms with van der Waals surface area (Å²) in [5.41, 5.74) is -8.43. The fourth-order valence-electron chi connectivity index (χ4n) is 2.58. The van der Waals surface area contributed by atoms with E-state index in [1.807, 2.05) is 0 Å². The number of allylic oxidation sites excluding steroid dienone is 1. The van der Waals surface area contributed by atoms with Crippen molar-refractivity contribution in [2.24, 2.45) is 0 Å². The maximum atomic E-state index is 15.7. The van der Waals surface area contributed by atoms with Crippen LogP contribution in [0, 0.1) is 0 Å². The van der Waals surface area contributed by atoms with Gasteiger partial charge in [0.05, 0.1) is 0 Å². The molecule has 0 N–H and O–H groups in total. The van der Waals surface area contributed by atoms with E-state index < -0.39 is 32.8 Å². The lowest BCUT2D eigenvalue weighted by atomic mass is 9.78. The number of halogens is 4. The largest absolute Gasteiger partial charge is 0.534 e. The number of fused-ring (bicyclic) bond motifs is 1. The molecule has 4 nitrogen and oxygen atoms in total. The Balaban J connectivity index is 2.13. The lowest BCUT2D eigenvalue weighted by Crippen LogP contribution is -2.34. The summed E-state index contributed by atoms with van der Waals surface area (Å²) in [6, 6.07) is 10.2. The van der Waals surface area contributed by atoms with Gasteiger partial charge in [0.1, 0.15) is 5.75 Å². The first-order valence-electron chi connectivity index (χ1n) is 7.18. The Hall–Kier alpha value is -2.68. The average molecular weight is 386 g/mol. The van der Waals surface area contributed by atoms with Crippen LogP contribution >= 0.6 is 0 Å².